The van der Waals surface area contributed by atoms with Crippen molar-refractivity contribution in [3.05, 3.63) is 30.5 Å². The van der Waals surface area contributed by atoms with Gasteiger partial charge in [-0.25, -0.2) is 0 Å². The molecular formula is C11H11ClN2S. The van der Waals surface area contributed by atoms with Crippen LogP contribution in [0.2, 0.25) is 0 Å². The van der Waals surface area contributed by atoms with Crippen LogP contribution in [0.15, 0.2) is 35.4 Å². The Kier molecular flexibility index (Phi) is 3.44. The molecule has 4 heteroatoms. The smallest absolute Gasteiger partial charge is 0.0940 e. The van der Waals surface area contributed by atoms with E-state index >= 15 is 0 Å². The molecule has 1 aromatic heterocycles. The molecule has 0 bridgehead atoms. The van der Waals surface area contributed by atoms with Gasteiger partial charge in [-0.2, -0.15) is 10.2 Å². The molecule has 0 saturated carbocycles. The molecule has 0 radical (unpaired) electrons. The molecule has 0 fully saturated rings. The van der Waals surface area contributed by atoms with Crippen LogP contribution in [0.25, 0.3) is 10.9 Å². The minimum Gasteiger partial charge on any atom is -0.157 e. The van der Waals surface area contributed by atoms with Crippen LogP contribution in [0.5, 0.6) is 0 Å². The van der Waals surface area contributed by atoms with E-state index in [4.69, 9.17) is 11.6 Å². The average Bonchev–Trinajstić information content (AvgIpc) is 2.29. The first kappa shape index (κ1) is 10.7. The molecule has 2 nitrogen and oxygen atoms in total. The third-order valence-electron chi connectivity index (χ3n) is 2.06. The number of aromatic nitrogens is 2. The van der Waals surface area contributed by atoms with Gasteiger partial charge in [-0.3, -0.25) is 0 Å². The molecule has 1 aromatic carbocycles. The minimum atomic E-state index is 0.388. The number of thioether (sulfide) groups is 1. The highest BCUT2D eigenvalue weighted by molar-refractivity contribution is 8.00. The average molecular weight is 239 g/mol. The van der Waals surface area contributed by atoms with E-state index < -0.39 is 0 Å². The van der Waals surface area contributed by atoms with Gasteiger partial charge in [0, 0.05) is 21.4 Å². The number of nitrogens with zero attached hydrogens (tertiary/aromatic N) is 2. The van der Waals surface area contributed by atoms with Crippen LogP contribution in [-0.2, 0) is 0 Å². The standard InChI is InChI=1S/C11H11ClN2S/c1-8(6-12)15-11-7-13-14-10-5-3-2-4-9(10)11/h2-5,7-8H,6H2,1H3. The van der Waals surface area contributed by atoms with Gasteiger partial charge in [0.15, 0.2) is 0 Å². The molecule has 0 aliphatic heterocycles. The third kappa shape index (κ3) is 2.41. The lowest BCUT2D eigenvalue weighted by Crippen LogP contribution is -1.97. The Balaban J connectivity index is 2.42. The summed E-state index contributed by atoms with van der Waals surface area (Å²) in [6.07, 6.45) is 1.80. The van der Waals surface area contributed by atoms with Crippen molar-refractivity contribution in [2.75, 3.05) is 5.88 Å². The van der Waals surface area contributed by atoms with E-state index in [9.17, 15) is 0 Å². The van der Waals surface area contributed by atoms with Crippen molar-refractivity contribution in [2.45, 2.75) is 17.1 Å². The van der Waals surface area contributed by atoms with Gasteiger partial charge in [-0.05, 0) is 6.07 Å². The maximum Gasteiger partial charge on any atom is 0.0940 e. The first-order valence-electron chi connectivity index (χ1n) is 4.74. The second kappa shape index (κ2) is 4.81. The largest absolute Gasteiger partial charge is 0.157 e. The lowest BCUT2D eigenvalue weighted by atomic mass is 10.2. The van der Waals surface area contributed by atoms with Crippen LogP contribution in [0, 0.1) is 0 Å². The van der Waals surface area contributed by atoms with Gasteiger partial charge >= 0.3 is 0 Å². The van der Waals surface area contributed by atoms with Crippen LogP contribution in [0.3, 0.4) is 0 Å². The van der Waals surface area contributed by atoms with E-state index in [0.29, 0.717) is 11.1 Å². The fourth-order valence-electron chi connectivity index (χ4n) is 1.32. The lowest BCUT2D eigenvalue weighted by Gasteiger charge is -2.08. The first-order valence-corrected chi connectivity index (χ1v) is 6.15. The highest BCUT2D eigenvalue weighted by atomic mass is 35.5. The molecule has 0 spiro atoms. The van der Waals surface area contributed by atoms with Crippen LogP contribution in [0.1, 0.15) is 6.92 Å². The Labute approximate surface area is 98.0 Å². The molecule has 2 rings (SSSR count). The second-order valence-corrected chi connectivity index (χ2v) is 5.10. The topological polar surface area (TPSA) is 25.8 Å². The molecular weight excluding hydrogens is 228 g/mol. The minimum absolute atomic E-state index is 0.388. The third-order valence-corrected chi connectivity index (χ3v) is 3.85. The molecule has 1 atom stereocenters. The zero-order chi connectivity index (χ0) is 10.7. The van der Waals surface area contributed by atoms with Crippen LogP contribution < -0.4 is 0 Å². The van der Waals surface area contributed by atoms with E-state index in [1.54, 1.807) is 18.0 Å². The van der Waals surface area contributed by atoms with Crippen LogP contribution >= 0.6 is 23.4 Å². The fraction of sp³-hybridized carbons (Fsp3) is 0.273. The van der Waals surface area contributed by atoms with Gasteiger partial charge in [0.2, 0.25) is 0 Å². The van der Waals surface area contributed by atoms with Crippen molar-refractivity contribution in [2.24, 2.45) is 0 Å². The zero-order valence-corrected chi connectivity index (χ0v) is 9.92. The second-order valence-electron chi connectivity index (χ2n) is 3.31. The molecule has 78 valence electrons. The molecule has 2 aromatic rings. The predicted molar refractivity (Wildman–Crippen MR) is 65.6 cm³/mol. The SMILES string of the molecule is CC(CCl)Sc1cnnc2ccccc12. The van der Waals surface area contributed by atoms with Gasteiger partial charge < -0.3 is 0 Å². The van der Waals surface area contributed by atoms with Crippen molar-refractivity contribution in [1.82, 2.24) is 10.2 Å². The predicted octanol–water partition coefficient (Wildman–Crippen LogP) is 3.35. The zero-order valence-electron chi connectivity index (χ0n) is 8.35. The maximum absolute atomic E-state index is 5.80. The van der Waals surface area contributed by atoms with Gasteiger partial charge in [0.1, 0.15) is 0 Å². The Hall–Kier alpha value is -0.800. The van der Waals surface area contributed by atoms with E-state index in [-0.39, 0.29) is 0 Å². The Morgan fingerprint density at radius 3 is 3.00 bits per heavy atom. The van der Waals surface area contributed by atoms with E-state index in [0.717, 1.165) is 15.8 Å². The number of fused-ring (bicyclic) bond motifs is 1. The number of halogens is 1. The molecule has 0 aliphatic carbocycles. The van der Waals surface area contributed by atoms with Crippen LogP contribution in [-0.4, -0.2) is 21.3 Å². The van der Waals surface area contributed by atoms with Crippen molar-refractivity contribution >= 4 is 34.3 Å². The normalized spacial score (nSPS) is 12.9. The van der Waals surface area contributed by atoms with E-state index in [1.165, 1.54) is 0 Å². The van der Waals surface area contributed by atoms with E-state index in [1.807, 2.05) is 18.2 Å². The molecule has 0 saturated heterocycles. The van der Waals surface area contributed by atoms with Crippen molar-refractivity contribution < 1.29 is 0 Å². The van der Waals surface area contributed by atoms with Gasteiger partial charge in [-0.15, -0.1) is 23.4 Å². The summed E-state index contributed by atoms with van der Waals surface area (Å²) in [5.41, 5.74) is 0.935. The summed E-state index contributed by atoms with van der Waals surface area (Å²) in [6, 6.07) is 8.01. The lowest BCUT2D eigenvalue weighted by molar-refractivity contribution is 1.04. The molecule has 1 heterocycles. The molecule has 0 N–H and O–H groups in total. The maximum atomic E-state index is 5.80. The summed E-state index contributed by atoms with van der Waals surface area (Å²) in [5.74, 6) is 0.640. The quantitative estimate of drug-likeness (QED) is 0.606. The summed E-state index contributed by atoms with van der Waals surface area (Å²) in [6.45, 7) is 2.10. The van der Waals surface area contributed by atoms with Crippen LogP contribution in [0.4, 0.5) is 0 Å². The molecule has 15 heavy (non-hydrogen) atoms. The highest BCUT2D eigenvalue weighted by Gasteiger charge is 2.07. The monoisotopic (exact) mass is 238 g/mol. The number of alkyl halides is 1. The van der Waals surface area contributed by atoms with Gasteiger partial charge in [0.25, 0.3) is 0 Å². The fourth-order valence-corrected chi connectivity index (χ4v) is 2.42. The van der Waals surface area contributed by atoms with Crippen molar-refractivity contribution in [1.29, 1.82) is 0 Å². The van der Waals surface area contributed by atoms with Crippen molar-refractivity contribution in [3.63, 3.8) is 0 Å². The van der Waals surface area contributed by atoms with Crippen molar-refractivity contribution in [3.8, 4) is 0 Å². The Morgan fingerprint density at radius 2 is 2.20 bits per heavy atom. The summed E-state index contributed by atoms with van der Waals surface area (Å²) >= 11 is 7.53. The molecule has 0 aliphatic rings. The number of benzene rings is 1. The molecule has 1 unspecified atom stereocenters. The summed E-state index contributed by atoms with van der Waals surface area (Å²) < 4.78 is 0. The van der Waals surface area contributed by atoms with Gasteiger partial charge in [-0.1, -0.05) is 25.1 Å². The Bertz CT molecular complexity index is 456. The summed E-state index contributed by atoms with van der Waals surface area (Å²) in [5, 5.41) is 9.60. The number of hydrogen-bond acceptors (Lipinski definition) is 3. The Morgan fingerprint density at radius 1 is 1.40 bits per heavy atom. The molecule has 0 amide bonds. The summed E-state index contributed by atoms with van der Waals surface area (Å²) in [4.78, 5) is 1.15. The summed E-state index contributed by atoms with van der Waals surface area (Å²) in [7, 11) is 0. The highest BCUT2D eigenvalue weighted by Crippen LogP contribution is 2.29. The van der Waals surface area contributed by atoms with E-state index in [2.05, 4.69) is 23.2 Å². The van der Waals surface area contributed by atoms with Gasteiger partial charge in [0.05, 0.1) is 11.7 Å². The number of rotatable bonds is 3. The first-order chi connectivity index (χ1) is 7.31. The number of hydrogen-bond donors (Lipinski definition) is 0.